The minimum absolute atomic E-state index is 0.233. The molecule has 1 saturated heterocycles. The van der Waals surface area contributed by atoms with Gasteiger partial charge in [0.25, 0.3) is 0 Å². The number of amides is 1. The summed E-state index contributed by atoms with van der Waals surface area (Å²) in [6.45, 7) is 6.18. The Morgan fingerprint density at radius 3 is 2.73 bits per heavy atom. The second-order valence-corrected chi connectivity index (χ2v) is 14.5. The van der Waals surface area contributed by atoms with Crippen LogP contribution >= 0.6 is 22.9 Å². The lowest BCUT2D eigenvalue weighted by Gasteiger charge is -2.30. The van der Waals surface area contributed by atoms with Crippen molar-refractivity contribution in [2.45, 2.75) is 70.2 Å². The van der Waals surface area contributed by atoms with Crippen LogP contribution in [-0.2, 0) is 4.74 Å². The van der Waals surface area contributed by atoms with Crippen LogP contribution in [-0.4, -0.2) is 37.7 Å². The van der Waals surface area contributed by atoms with E-state index >= 15 is 4.39 Å². The Bertz CT molecular complexity index is 1930. The van der Waals surface area contributed by atoms with Crippen LogP contribution in [0.4, 0.5) is 9.18 Å². The van der Waals surface area contributed by atoms with Crippen molar-refractivity contribution in [2.24, 2.45) is 0 Å². The summed E-state index contributed by atoms with van der Waals surface area (Å²) in [6.07, 6.45) is 4.97. The van der Waals surface area contributed by atoms with Gasteiger partial charge in [-0.05, 0) is 101 Å². The predicted octanol–water partition coefficient (Wildman–Crippen LogP) is 9.44. The van der Waals surface area contributed by atoms with Gasteiger partial charge >= 0.3 is 6.09 Å². The van der Waals surface area contributed by atoms with Gasteiger partial charge in [-0.15, -0.1) is 11.3 Å². The number of ether oxygens (including phenoxy) is 2. The van der Waals surface area contributed by atoms with Gasteiger partial charge in [-0.2, -0.15) is 0 Å². The van der Waals surface area contributed by atoms with Gasteiger partial charge in [-0.3, -0.25) is 9.47 Å². The Balaban J connectivity index is 1.18. The van der Waals surface area contributed by atoms with Gasteiger partial charge in [0, 0.05) is 27.4 Å². The maximum Gasteiger partial charge on any atom is 0.410 e. The molecule has 2 atom stereocenters. The number of aromatic amines is 1. The number of rotatable bonds is 4. The van der Waals surface area contributed by atoms with E-state index in [0.29, 0.717) is 45.9 Å². The largest absolute Gasteiger partial charge is 0.464 e. The van der Waals surface area contributed by atoms with Gasteiger partial charge in [-0.1, -0.05) is 11.6 Å². The summed E-state index contributed by atoms with van der Waals surface area (Å²) in [5.41, 5.74) is 2.80. The third kappa shape index (κ3) is 4.77. The summed E-state index contributed by atoms with van der Waals surface area (Å²) >= 11 is 8.12. The van der Waals surface area contributed by atoms with E-state index in [0.717, 1.165) is 34.3 Å². The van der Waals surface area contributed by atoms with Crippen LogP contribution in [0.3, 0.4) is 0 Å². The molecule has 226 valence electrons. The Kier molecular flexibility index (Phi) is 6.36. The van der Waals surface area contributed by atoms with E-state index < -0.39 is 11.8 Å². The van der Waals surface area contributed by atoms with E-state index in [1.165, 1.54) is 23.8 Å². The smallest absolute Gasteiger partial charge is 0.410 e. The number of hydrogen-bond donors (Lipinski definition) is 1. The number of thiophene rings is 1. The summed E-state index contributed by atoms with van der Waals surface area (Å²) in [5.74, 6) is 1.38. The molecule has 1 N–H and O–H groups in total. The second kappa shape index (κ2) is 10.1. The Morgan fingerprint density at radius 1 is 1.11 bits per heavy atom. The quantitative estimate of drug-likeness (QED) is 0.215. The predicted molar refractivity (Wildman–Crippen MR) is 170 cm³/mol. The fourth-order valence-electron chi connectivity index (χ4n) is 6.42. The number of carbonyl (C=O) groups excluding carboxylic acids is 1. The number of nitrogens with one attached hydrogen (secondary N) is 1. The number of imidazole rings is 1. The van der Waals surface area contributed by atoms with E-state index in [4.69, 9.17) is 21.1 Å². The van der Waals surface area contributed by atoms with Crippen molar-refractivity contribution in [3.8, 4) is 28.3 Å². The average molecular weight is 631 g/mol. The number of nitrogens with zero attached hydrogens (tertiary/aromatic N) is 3. The zero-order valence-corrected chi connectivity index (χ0v) is 26.3. The molecule has 10 heteroatoms. The molecule has 0 radical (unpaired) electrons. The van der Waals surface area contributed by atoms with Crippen molar-refractivity contribution in [2.75, 3.05) is 6.54 Å². The zero-order chi connectivity index (χ0) is 30.3. The third-order valence-electron chi connectivity index (χ3n) is 8.56. The summed E-state index contributed by atoms with van der Waals surface area (Å²) in [4.78, 5) is 25.0. The zero-order valence-electron chi connectivity index (χ0n) is 24.7. The standard InChI is InChI=1S/C34H32ClFN4O3S/c1-34(2,3)43-33(41)39-12-4-5-25(39)31-37-17-23(38-31)19-14-22(36)30-26-15-20-13-21(35)8-9-24(20)40(26)32(42-27(30)16-19)29-11-10-28(44-29)18-6-7-18/h8-11,13-18,25,32H,4-7,12H2,1-3H3,(H,37,38). The van der Waals surface area contributed by atoms with E-state index in [9.17, 15) is 4.79 Å². The molecule has 1 saturated carbocycles. The summed E-state index contributed by atoms with van der Waals surface area (Å²) in [6, 6.07) is 15.2. The van der Waals surface area contributed by atoms with Gasteiger partial charge in [0.05, 0.1) is 39.6 Å². The third-order valence-corrected chi connectivity index (χ3v) is 10.1. The number of fused-ring (bicyclic) bond motifs is 5. The van der Waals surface area contributed by atoms with Crippen LogP contribution in [0.15, 0.2) is 54.7 Å². The first-order chi connectivity index (χ1) is 21.1. The fourth-order valence-corrected chi connectivity index (χ4v) is 7.80. The molecule has 2 aromatic carbocycles. The number of aromatic nitrogens is 3. The summed E-state index contributed by atoms with van der Waals surface area (Å²) < 4.78 is 30.6. The first-order valence-electron chi connectivity index (χ1n) is 15.1. The molecule has 2 unspecified atom stereocenters. The van der Waals surface area contributed by atoms with Crippen molar-refractivity contribution >= 4 is 39.9 Å². The first-order valence-corrected chi connectivity index (χ1v) is 16.3. The van der Waals surface area contributed by atoms with Crippen molar-refractivity contribution in [3.63, 3.8) is 0 Å². The molecule has 2 fully saturated rings. The lowest BCUT2D eigenvalue weighted by Crippen LogP contribution is -2.36. The van der Waals surface area contributed by atoms with Crippen LogP contribution in [0.1, 0.15) is 80.2 Å². The molecule has 3 aromatic heterocycles. The van der Waals surface area contributed by atoms with Gasteiger partial charge < -0.3 is 14.5 Å². The van der Waals surface area contributed by atoms with E-state index in [2.05, 4.69) is 26.7 Å². The molecule has 5 aromatic rings. The molecule has 8 rings (SSSR count). The normalized spacial score (nSPS) is 19.6. The molecule has 1 amide bonds. The Hall–Kier alpha value is -3.82. The lowest BCUT2D eigenvalue weighted by atomic mass is 10.0. The van der Waals surface area contributed by atoms with E-state index in [-0.39, 0.29) is 18.0 Å². The van der Waals surface area contributed by atoms with E-state index in [1.807, 2.05) is 51.1 Å². The topological polar surface area (TPSA) is 72.4 Å². The van der Waals surface area contributed by atoms with Crippen LogP contribution in [0.25, 0.3) is 33.4 Å². The monoisotopic (exact) mass is 630 g/mol. The highest BCUT2D eigenvalue weighted by Crippen LogP contribution is 2.50. The van der Waals surface area contributed by atoms with Crippen LogP contribution in [0, 0.1) is 5.82 Å². The summed E-state index contributed by atoms with van der Waals surface area (Å²) in [7, 11) is 0. The Morgan fingerprint density at radius 2 is 1.93 bits per heavy atom. The van der Waals surface area contributed by atoms with Crippen molar-refractivity contribution in [3.05, 3.63) is 81.1 Å². The molecule has 7 nitrogen and oxygen atoms in total. The molecule has 3 aliphatic rings. The first kappa shape index (κ1) is 27.7. The van der Waals surface area contributed by atoms with Crippen LogP contribution in [0.5, 0.6) is 5.75 Å². The number of halogens is 2. The van der Waals surface area contributed by atoms with Gasteiger partial charge in [-0.25, -0.2) is 14.2 Å². The molecule has 1 aliphatic carbocycles. The number of hydrogen-bond acceptors (Lipinski definition) is 5. The second-order valence-electron chi connectivity index (χ2n) is 12.9. The van der Waals surface area contributed by atoms with Crippen LogP contribution < -0.4 is 4.74 Å². The fraction of sp³-hybridized carbons (Fsp3) is 0.353. The van der Waals surface area contributed by atoms with Crippen molar-refractivity contribution < 1.29 is 18.7 Å². The van der Waals surface area contributed by atoms with Crippen molar-refractivity contribution in [1.82, 2.24) is 19.4 Å². The molecular weight excluding hydrogens is 599 g/mol. The minimum Gasteiger partial charge on any atom is -0.464 e. The highest BCUT2D eigenvalue weighted by Gasteiger charge is 2.36. The molecule has 44 heavy (non-hydrogen) atoms. The highest BCUT2D eigenvalue weighted by atomic mass is 35.5. The minimum atomic E-state index is -0.586. The molecule has 5 heterocycles. The molecular formula is C34H32ClFN4O3S. The number of likely N-dealkylation sites (tertiary alicyclic amines) is 1. The van der Waals surface area contributed by atoms with Gasteiger partial charge in [0.15, 0.2) is 0 Å². The average Bonchev–Trinajstić information content (AvgIpc) is 3.39. The van der Waals surface area contributed by atoms with Gasteiger partial charge in [0.2, 0.25) is 6.23 Å². The van der Waals surface area contributed by atoms with Crippen molar-refractivity contribution in [1.29, 1.82) is 0 Å². The lowest BCUT2D eigenvalue weighted by molar-refractivity contribution is 0.0218. The maximum absolute atomic E-state index is 16.2. The number of carbonyl (C=O) groups is 1. The molecule has 2 aliphatic heterocycles. The Labute approximate surface area is 263 Å². The molecule has 0 bridgehead atoms. The highest BCUT2D eigenvalue weighted by molar-refractivity contribution is 7.12. The summed E-state index contributed by atoms with van der Waals surface area (Å²) in [5, 5.41) is 1.56. The number of benzene rings is 2. The van der Waals surface area contributed by atoms with E-state index in [1.54, 1.807) is 22.4 Å². The molecule has 0 spiro atoms. The van der Waals surface area contributed by atoms with Gasteiger partial charge in [0.1, 0.15) is 23.0 Å². The van der Waals surface area contributed by atoms with Crippen LogP contribution in [0.2, 0.25) is 5.02 Å². The maximum atomic E-state index is 16.2. The SMILES string of the molecule is CC(C)(C)OC(=O)N1CCCC1c1ncc(-c2cc(F)c3c(c2)OC(c2ccc(C4CC4)s2)n2c-3cc3cc(Cl)ccc32)[nH]1. The number of H-pyrrole nitrogens is 1.